The maximum absolute atomic E-state index is 13.2. The van der Waals surface area contributed by atoms with Crippen LogP contribution >= 0.6 is 0 Å². The van der Waals surface area contributed by atoms with E-state index in [1.165, 1.54) is 29.8 Å². The summed E-state index contributed by atoms with van der Waals surface area (Å²) in [6.07, 6.45) is 6.78. The highest BCUT2D eigenvalue weighted by Gasteiger charge is 2.38. The minimum absolute atomic E-state index is 0.0168. The minimum Gasteiger partial charge on any atom is -0.489 e. The van der Waals surface area contributed by atoms with E-state index < -0.39 is 4.92 Å². The van der Waals surface area contributed by atoms with E-state index in [9.17, 15) is 24.5 Å². The minimum atomic E-state index is -0.441. The molecule has 24 heteroatoms. The van der Waals surface area contributed by atoms with Gasteiger partial charge in [0.05, 0.1) is 46.0 Å². The zero-order chi connectivity index (χ0) is 68.9. The highest BCUT2D eigenvalue weighted by atomic mass is 16.7. The largest absolute Gasteiger partial charge is 0.489 e. The number of piperazine rings is 3. The van der Waals surface area contributed by atoms with Crippen LogP contribution in [-0.4, -0.2) is 220 Å². The van der Waals surface area contributed by atoms with Crippen LogP contribution in [0.2, 0.25) is 0 Å². The monoisotopic (exact) mass is 1360 g/mol. The van der Waals surface area contributed by atoms with Crippen LogP contribution in [0.25, 0.3) is 0 Å². The first-order valence-corrected chi connectivity index (χ1v) is 35.7. The van der Waals surface area contributed by atoms with Gasteiger partial charge in [0.2, 0.25) is 0 Å². The Balaban J connectivity index is 0.000000142. The molecule has 0 spiro atoms. The van der Waals surface area contributed by atoms with Gasteiger partial charge in [0.15, 0.2) is 0 Å². The molecule has 0 radical (unpaired) electrons. The predicted octanol–water partition coefficient (Wildman–Crippen LogP) is 9.32. The van der Waals surface area contributed by atoms with Gasteiger partial charge >= 0.3 is 0 Å². The van der Waals surface area contributed by atoms with Crippen LogP contribution in [-0.2, 0) is 41.7 Å². The molecule has 9 aliphatic heterocycles. The smallest absolute Gasteiger partial charge is 0.276 e. The fourth-order valence-electron chi connectivity index (χ4n) is 14.4. The molecule has 3 amide bonds. The number of nitro groups is 1. The van der Waals surface area contributed by atoms with Crippen molar-refractivity contribution in [1.82, 2.24) is 19.6 Å². The first-order valence-electron chi connectivity index (χ1n) is 35.7. The van der Waals surface area contributed by atoms with Gasteiger partial charge in [0.1, 0.15) is 52.7 Å². The van der Waals surface area contributed by atoms with Crippen LogP contribution in [0.3, 0.4) is 0 Å². The molecule has 5 aromatic carbocycles. The maximum atomic E-state index is 13.2. The van der Waals surface area contributed by atoms with Crippen LogP contribution in [0.4, 0.5) is 34.1 Å². The van der Waals surface area contributed by atoms with E-state index >= 15 is 0 Å². The van der Waals surface area contributed by atoms with Crippen molar-refractivity contribution in [3.63, 3.8) is 0 Å². The lowest BCUT2D eigenvalue weighted by atomic mass is 10.1. The van der Waals surface area contributed by atoms with E-state index in [-0.39, 0.29) is 60.0 Å². The van der Waals surface area contributed by atoms with Gasteiger partial charge in [0.25, 0.3) is 23.4 Å². The van der Waals surface area contributed by atoms with E-state index in [4.69, 9.17) is 28.7 Å². The summed E-state index contributed by atoms with van der Waals surface area (Å²) >= 11 is 0. The molecule has 4 fully saturated rings. The molecule has 99 heavy (non-hydrogen) atoms. The Morgan fingerprint density at radius 2 is 0.788 bits per heavy atom. The number of hydrogen-bond acceptors (Lipinski definition) is 20. The Morgan fingerprint density at radius 1 is 0.434 bits per heavy atom. The summed E-state index contributed by atoms with van der Waals surface area (Å²) in [5.74, 6) is 2.63. The third kappa shape index (κ3) is 17.7. The fraction of sp³-hybridized carbons (Fsp3) is 0.520. The van der Waals surface area contributed by atoms with Crippen molar-refractivity contribution in [3.8, 4) is 17.2 Å². The van der Waals surface area contributed by atoms with Gasteiger partial charge in [-0.2, -0.15) is 0 Å². The average Bonchev–Trinajstić information content (AvgIpc) is 1.66. The Bertz CT molecular complexity index is 3700. The molecule has 0 bridgehead atoms. The Hall–Kier alpha value is -9.00. The number of likely N-dealkylation sites (tertiary alicyclic amines) is 1. The molecule has 0 saturated carbocycles. The van der Waals surface area contributed by atoms with Gasteiger partial charge in [-0.3, -0.25) is 39.2 Å². The maximum Gasteiger partial charge on any atom is 0.276 e. The number of carbonyl (C=O) groups is 3. The number of rotatable bonds is 19. The van der Waals surface area contributed by atoms with Crippen molar-refractivity contribution in [3.05, 3.63) is 137 Å². The molecule has 3 atom stereocenters. The fourth-order valence-corrected chi connectivity index (χ4v) is 14.4. The molecular weight excluding hydrogens is 1260 g/mol. The van der Waals surface area contributed by atoms with Gasteiger partial charge in [-0.1, -0.05) is 76.1 Å². The summed E-state index contributed by atoms with van der Waals surface area (Å²) in [4.78, 5) is 86.1. The zero-order valence-corrected chi connectivity index (χ0v) is 58.3. The molecule has 0 aromatic heterocycles. The number of nitrogens with zero attached hydrogens (tertiary/aromatic N) is 13. The Morgan fingerprint density at radius 3 is 1.18 bits per heavy atom. The van der Waals surface area contributed by atoms with Crippen molar-refractivity contribution in [2.75, 3.05) is 149 Å². The molecule has 9 heterocycles. The summed E-state index contributed by atoms with van der Waals surface area (Å²) in [5.41, 5.74) is 8.69. The lowest BCUT2D eigenvalue weighted by Gasteiger charge is -2.37. The van der Waals surface area contributed by atoms with Crippen LogP contribution in [0.15, 0.2) is 131 Å². The van der Waals surface area contributed by atoms with Crippen LogP contribution in [0.1, 0.15) is 91.2 Å². The lowest BCUT2D eigenvalue weighted by Crippen LogP contribution is -2.49. The topological polar surface area (TPSA) is 216 Å². The number of ether oxygens (including phenoxy) is 3. The Kier molecular flexibility index (Phi) is 23.1. The number of anilines is 5. The number of para-hydroxylation sites is 7. The summed E-state index contributed by atoms with van der Waals surface area (Å²) in [7, 11) is 0. The summed E-state index contributed by atoms with van der Waals surface area (Å²) < 4.78 is 18.0. The second kappa shape index (κ2) is 32.8. The second-order valence-corrected chi connectivity index (χ2v) is 27.6. The highest BCUT2D eigenvalue weighted by molar-refractivity contribution is 6.45. The van der Waals surface area contributed by atoms with Crippen LogP contribution in [0.5, 0.6) is 17.2 Å². The number of carbonyl (C=O) groups excluding carboxylic acids is 3. The third-order valence-corrected chi connectivity index (χ3v) is 19.3. The summed E-state index contributed by atoms with van der Waals surface area (Å²) in [6.45, 7) is 28.6. The van der Waals surface area contributed by atoms with Crippen molar-refractivity contribution in [2.45, 2.75) is 130 Å². The molecule has 4 saturated heterocycles. The standard InChI is InChI=1S/C26H31N5O5.C26H32N4O3.C23H34N4O3/c1-18(2)35-25-6-4-3-5-23(25)29-13-11-28(12-14-29)17-21-16-22(27-36-21)26(32)30-10-9-19-7-8-20(31(33)34)15-24(19)30;1-19(2)32-25-10-6-5-9-24(25)29-15-13-28(14-16-29)18-21-17-22(27-33-21)26(31)30-12-11-20-7-3-4-8-23(20)30;1-18(2)29-22-9-5-4-8-21(22)26-14-12-25(13-15-26)17-19-16-20(24-30-19)23(28)27-10-6-3-7-11-27/h3-8,15,18,21H,9-14,16-17H2,1-2H3;3-10,19,21H,11-18H2,1-2H3;4-5,8-9,18-19H,3,6-7,10-17H2,1-2H3. The van der Waals surface area contributed by atoms with E-state index in [1.807, 2.05) is 84.3 Å². The first-order chi connectivity index (χ1) is 48.1. The van der Waals surface area contributed by atoms with Crippen LogP contribution in [0, 0.1) is 10.1 Å². The van der Waals surface area contributed by atoms with Gasteiger partial charge in [0, 0.05) is 161 Å². The van der Waals surface area contributed by atoms with Crippen molar-refractivity contribution < 1.29 is 48.0 Å². The molecular formula is C75H97N13O11. The van der Waals surface area contributed by atoms with Gasteiger partial charge in [-0.15, -0.1) is 0 Å². The van der Waals surface area contributed by atoms with Gasteiger partial charge in [-0.25, -0.2) is 0 Å². The third-order valence-electron chi connectivity index (χ3n) is 19.3. The van der Waals surface area contributed by atoms with E-state index in [0.29, 0.717) is 68.1 Å². The van der Waals surface area contributed by atoms with Gasteiger partial charge < -0.3 is 58.1 Å². The number of nitro benzene ring substituents is 1. The molecule has 14 rings (SSSR count). The quantitative estimate of drug-likeness (QED) is 0.0556. The lowest BCUT2D eigenvalue weighted by molar-refractivity contribution is -0.384. The first kappa shape index (κ1) is 69.9. The predicted molar refractivity (Wildman–Crippen MR) is 385 cm³/mol. The molecule has 0 N–H and O–H groups in total. The average molecular weight is 1360 g/mol. The number of piperidine rings is 1. The number of fused-ring (bicyclic) bond motifs is 2. The highest BCUT2D eigenvalue weighted by Crippen LogP contribution is 2.36. The van der Waals surface area contributed by atoms with Crippen molar-refractivity contribution in [1.29, 1.82) is 0 Å². The summed E-state index contributed by atoms with van der Waals surface area (Å²) in [5, 5.41) is 23.6. The second-order valence-electron chi connectivity index (χ2n) is 27.6. The molecule has 0 aliphatic carbocycles. The summed E-state index contributed by atoms with van der Waals surface area (Å²) in [6, 6.07) is 37.5. The molecule has 9 aliphatic rings. The number of benzene rings is 5. The number of amides is 3. The molecule has 3 unspecified atom stereocenters. The van der Waals surface area contributed by atoms with E-state index in [2.05, 4.69) is 109 Å². The van der Waals surface area contributed by atoms with E-state index in [1.54, 1.807) is 11.0 Å². The van der Waals surface area contributed by atoms with Gasteiger partial charge in [-0.05, 0) is 127 Å². The number of oxime groups is 3. The SMILES string of the molecule is CC(C)Oc1ccccc1N1CCN(CC2CC(C(=O)N3CCCCC3)=NO2)CC1.CC(C)Oc1ccccc1N1CCN(CC2CC(C(=O)N3CCc4ccc([N+](=O)[O-])cc43)=NO2)CC1.CC(C)Oc1ccccc1N1CCN(CC2CC(C(=O)N3CCc4ccccc43)=NO2)CC1. The number of non-ortho nitro benzene ring substituents is 1. The normalized spacial score (nSPS) is 20.9. The molecule has 528 valence electrons. The van der Waals surface area contributed by atoms with Crippen molar-refractivity contribution in [2.24, 2.45) is 15.5 Å². The number of hydrogen-bond donors (Lipinski definition) is 0. The zero-order valence-electron chi connectivity index (χ0n) is 58.3. The van der Waals surface area contributed by atoms with Crippen LogP contribution < -0.4 is 38.7 Å². The Labute approximate surface area is 581 Å². The molecule has 24 nitrogen and oxygen atoms in total. The molecule has 5 aromatic rings. The van der Waals surface area contributed by atoms with E-state index in [0.717, 1.165) is 164 Å². The van der Waals surface area contributed by atoms with Crippen molar-refractivity contribution >= 4 is 69.0 Å².